The van der Waals surface area contributed by atoms with Crippen LogP contribution in [-0.2, 0) is 0 Å². The summed E-state index contributed by atoms with van der Waals surface area (Å²) in [7, 11) is 0. The molecule has 0 fully saturated rings. The zero-order valence-corrected chi connectivity index (χ0v) is 8.73. The Morgan fingerprint density at radius 3 is 2.69 bits per heavy atom. The maximum atomic E-state index is 4.04. The number of benzene rings is 1. The minimum absolute atomic E-state index is 1.01. The molecule has 0 radical (unpaired) electrons. The Hall–Kier alpha value is -0.870. The molecule has 0 aliphatic rings. The van der Waals surface area contributed by atoms with Gasteiger partial charge in [-0.25, -0.2) is 0 Å². The van der Waals surface area contributed by atoms with E-state index in [1.54, 1.807) is 11.8 Å². The molecule has 0 atom stereocenters. The highest BCUT2D eigenvalue weighted by atomic mass is 32.2. The van der Waals surface area contributed by atoms with Crippen molar-refractivity contribution in [1.82, 2.24) is 9.59 Å². The first-order chi connectivity index (χ1) is 6.42. The summed E-state index contributed by atoms with van der Waals surface area (Å²) in [5, 5.41) is 5.05. The molecule has 0 saturated heterocycles. The SMILES string of the molecule is CSc1nnsc1-c1ccccc1. The smallest absolute Gasteiger partial charge is 0.131 e. The van der Waals surface area contributed by atoms with E-state index in [0.717, 1.165) is 9.90 Å². The van der Waals surface area contributed by atoms with E-state index in [4.69, 9.17) is 0 Å². The van der Waals surface area contributed by atoms with Crippen molar-refractivity contribution in [3.8, 4) is 10.4 Å². The van der Waals surface area contributed by atoms with Crippen molar-refractivity contribution in [2.24, 2.45) is 0 Å². The van der Waals surface area contributed by atoms with Crippen LogP contribution in [0.5, 0.6) is 0 Å². The van der Waals surface area contributed by atoms with Gasteiger partial charge >= 0.3 is 0 Å². The first-order valence-corrected chi connectivity index (χ1v) is 5.83. The summed E-state index contributed by atoms with van der Waals surface area (Å²) in [5.41, 5.74) is 1.20. The van der Waals surface area contributed by atoms with Crippen LogP contribution in [0, 0.1) is 0 Å². The topological polar surface area (TPSA) is 25.8 Å². The Labute approximate surface area is 85.2 Å². The highest BCUT2D eigenvalue weighted by Gasteiger charge is 2.07. The first-order valence-electron chi connectivity index (χ1n) is 3.83. The Kier molecular flexibility index (Phi) is 2.61. The fraction of sp³-hybridized carbons (Fsp3) is 0.111. The second-order valence-corrected chi connectivity index (χ2v) is 4.03. The van der Waals surface area contributed by atoms with Gasteiger partial charge in [-0.05, 0) is 23.4 Å². The molecule has 0 amide bonds. The molecule has 66 valence electrons. The van der Waals surface area contributed by atoms with Gasteiger partial charge in [-0.3, -0.25) is 0 Å². The largest absolute Gasteiger partial charge is 0.139 e. The van der Waals surface area contributed by atoms with Crippen LogP contribution >= 0.6 is 23.3 Å². The zero-order chi connectivity index (χ0) is 9.10. The van der Waals surface area contributed by atoms with Crippen LogP contribution in [0.25, 0.3) is 10.4 Å². The quantitative estimate of drug-likeness (QED) is 0.710. The molecule has 1 aromatic carbocycles. The molecule has 1 heterocycles. The molecule has 4 heteroatoms. The first kappa shape index (κ1) is 8.72. The molecule has 1 aromatic heterocycles. The van der Waals surface area contributed by atoms with Gasteiger partial charge in [0.1, 0.15) is 5.03 Å². The molecule has 13 heavy (non-hydrogen) atoms. The van der Waals surface area contributed by atoms with Gasteiger partial charge in [-0.1, -0.05) is 34.8 Å². The second-order valence-electron chi connectivity index (χ2n) is 2.48. The Bertz CT molecular complexity index is 384. The third-order valence-electron chi connectivity index (χ3n) is 1.69. The van der Waals surface area contributed by atoms with Gasteiger partial charge in [0.2, 0.25) is 0 Å². The van der Waals surface area contributed by atoms with Crippen LogP contribution in [0.2, 0.25) is 0 Å². The number of thioether (sulfide) groups is 1. The fourth-order valence-corrected chi connectivity index (χ4v) is 2.49. The molecular weight excluding hydrogens is 200 g/mol. The minimum atomic E-state index is 1.01. The number of rotatable bonds is 2. The summed E-state index contributed by atoms with van der Waals surface area (Å²) >= 11 is 3.08. The summed E-state index contributed by atoms with van der Waals surface area (Å²) < 4.78 is 3.94. The van der Waals surface area contributed by atoms with E-state index in [-0.39, 0.29) is 0 Å². The fourth-order valence-electron chi connectivity index (χ4n) is 1.08. The monoisotopic (exact) mass is 208 g/mol. The lowest BCUT2D eigenvalue weighted by Gasteiger charge is -1.96. The van der Waals surface area contributed by atoms with Gasteiger partial charge in [-0.2, -0.15) is 0 Å². The average Bonchev–Trinajstić information content (AvgIpc) is 2.67. The van der Waals surface area contributed by atoms with Crippen molar-refractivity contribution in [2.45, 2.75) is 5.03 Å². The molecular formula is C9H8N2S2. The van der Waals surface area contributed by atoms with Crippen molar-refractivity contribution < 1.29 is 0 Å². The van der Waals surface area contributed by atoms with E-state index < -0.39 is 0 Å². The predicted octanol–water partition coefficient (Wildman–Crippen LogP) is 2.93. The minimum Gasteiger partial charge on any atom is -0.131 e. The molecule has 2 nitrogen and oxygen atoms in total. The van der Waals surface area contributed by atoms with Crippen molar-refractivity contribution in [3.63, 3.8) is 0 Å². The molecule has 2 rings (SSSR count). The van der Waals surface area contributed by atoms with Crippen molar-refractivity contribution in [2.75, 3.05) is 6.26 Å². The molecule has 0 unspecified atom stereocenters. The molecule has 0 spiro atoms. The highest BCUT2D eigenvalue weighted by Crippen LogP contribution is 2.30. The van der Waals surface area contributed by atoms with Crippen LogP contribution in [-0.4, -0.2) is 15.8 Å². The van der Waals surface area contributed by atoms with Crippen LogP contribution in [0.3, 0.4) is 0 Å². The second kappa shape index (κ2) is 3.89. The van der Waals surface area contributed by atoms with Crippen molar-refractivity contribution in [3.05, 3.63) is 30.3 Å². The molecule has 0 aliphatic carbocycles. The summed E-state index contributed by atoms with van der Waals surface area (Å²) in [5.74, 6) is 0. The number of hydrogen-bond acceptors (Lipinski definition) is 4. The summed E-state index contributed by atoms with van der Waals surface area (Å²) in [6.45, 7) is 0. The van der Waals surface area contributed by atoms with Gasteiger partial charge in [0.15, 0.2) is 0 Å². The average molecular weight is 208 g/mol. The van der Waals surface area contributed by atoms with Crippen molar-refractivity contribution in [1.29, 1.82) is 0 Å². The normalized spacial score (nSPS) is 10.2. The molecule has 0 aliphatic heterocycles. The molecule has 0 bridgehead atoms. The van der Waals surface area contributed by atoms with Gasteiger partial charge in [-0.15, -0.1) is 16.9 Å². The van der Waals surface area contributed by atoms with Gasteiger partial charge in [0, 0.05) is 0 Å². The lowest BCUT2D eigenvalue weighted by Crippen LogP contribution is -1.75. The van der Waals surface area contributed by atoms with Crippen LogP contribution < -0.4 is 0 Å². The maximum Gasteiger partial charge on any atom is 0.139 e. The lowest BCUT2D eigenvalue weighted by atomic mass is 10.2. The van der Waals surface area contributed by atoms with E-state index in [9.17, 15) is 0 Å². The molecule has 0 N–H and O–H groups in total. The lowest BCUT2D eigenvalue weighted by molar-refractivity contribution is 1.04. The Morgan fingerprint density at radius 2 is 2.00 bits per heavy atom. The third-order valence-corrected chi connectivity index (χ3v) is 3.26. The van der Waals surface area contributed by atoms with Crippen LogP contribution in [0.1, 0.15) is 0 Å². The van der Waals surface area contributed by atoms with Crippen LogP contribution in [0.15, 0.2) is 35.4 Å². The van der Waals surface area contributed by atoms with Crippen molar-refractivity contribution >= 4 is 23.3 Å². The number of nitrogens with zero attached hydrogens (tertiary/aromatic N) is 2. The molecule has 2 aromatic rings. The van der Waals surface area contributed by atoms with Gasteiger partial charge in [0.05, 0.1) is 4.88 Å². The predicted molar refractivity (Wildman–Crippen MR) is 57.1 cm³/mol. The summed E-state index contributed by atoms with van der Waals surface area (Å²) in [6, 6.07) is 10.2. The Balaban J connectivity index is 2.47. The Morgan fingerprint density at radius 1 is 1.23 bits per heavy atom. The number of aromatic nitrogens is 2. The third kappa shape index (κ3) is 1.73. The van der Waals surface area contributed by atoms with Crippen LogP contribution in [0.4, 0.5) is 0 Å². The highest BCUT2D eigenvalue weighted by molar-refractivity contribution is 7.98. The number of hydrogen-bond donors (Lipinski definition) is 0. The van der Waals surface area contributed by atoms with E-state index in [2.05, 4.69) is 21.7 Å². The zero-order valence-electron chi connectivity index (χ0n) is 7.10. The maximum absolute atomic E-state index is 4.04. The van der Waals surface area contributed by atoms with E-state index in [1.165, 1.54) is 17.1 Å². The van der Waals surface area contributed by atoms with E-state index >= 15 is 0 Å². The van der Waals surface area contributed by atoms with E-state index in [1.807, 2.05) is 24.5 Å². The van der Waals surface area contributed by atoms with E-state index in [0.29, 0.717) is 0 Å². The summed E-state index contributed by atoms with van der Waals surface area (Å²) in [4.78, 5) is 1.16. The molecule has 0 saturated carbocycles. The van der Waals surface area contributed by atoms with Gasteiger partial charge < -0.3 is 0 Å². The summed E-state index contributed by atoms with van der Waals surface area (Å²) in [6.07, 6.45) is 2.02. The standard InChI is InChI=1S/C9H8N2S2/c1-12-9-8(13-11-10-9)7-5-3-2-4-6-7/h2-6H,1H3. The van der Waals surface area contributed by atoms with Gasteiger partial charge in [0.25, 0.3) is 0 Å².